The van der Waals surface area contributed by atoms with Crippen molar-refractivity contribution in [3.05, 3.63) is 11.3 Å². The van der Waals surface area contributed by atoms with E-state index in [-0.39, 0.29) is 12.0 Å². The number of rotatable bonds is 3. The molecule has 0 bridgehead atoms. The monoisotopic (exact) mass is 327 g/mol. The summed E-state index contributed by atoms with van der Waals surface area (Å²) in [5, 5.41) is 9.20. The van der Waals surface area contributed by atoms with Crippen molar-refractivity contribution < 1.29 is 18.7 Å². The minimum Gasteiger partial charge on any atom is -0.480 e. The van der Waals surface area contributed by atoms with Crippen LogP contribution in [0.4, 0.5) is 8.78 Å². The van der Waals surface area contributed by atoms with Crippen molar-refractivity contribution in [3.63, 3.8) is 0 Å². The average molecular weight is 327 g/mol. The quantitative estimate of drug-likeness (QED) is 0.863. The molecule has 7 heteroatoms. The Morgan fingerprint density at radius 1 is 1.43 bits per heavy atom. The molecule has 0 aromatic rings. The molecule has 0 aromatic heterocycles. The summed E-state index contributed by atoms with van der Waals surface area (Å²) in [6, 6.07) is -0.922. The molecular weight excluding hydrogens is 304 g/mol. The standard InChI is InChI=1S/C16H23F2N3O2/c1-9-10(2)19-11(3)21-7-12(4-13(9)21)6-20-8-16(17,18)5-14(20)15(22)23/h10,12,14H,4-8H2,1-3H3,(H,22,23). The molecule has 2 saturated heterocycles. The number of amidine groups is 1. The zero-order valence-corrected chi connectivity index (χ0v) is 13.7. The van der Waals surface area contributed by atoms with Crippen LogP contribution in [0, 0.1) is 5.92 Å². The van der Waals surface area contributed by atoms with E-state index in [1.54, 1.807) is 0 Å². The third-order valence-corrected chi connectivity index (χ3v) is 5.25. The Bertz CT molecular complexity index is 588. The van der Waals surface area contributed by atoms with Gasteiger partial charge in [-0.05, 0) is 38.7 Å². The van der Waals surface area contributed by atoms with Crippen LogP contribution in [0.15, 0.2) is 16.3 Å². The normalized spacial score (nSPS) is 33.9. The van der Waals surface area contributed by atoms with E-state index < -0.39 is 30.9 Å². The minimum atomic E-state index is -2.91. The zero-order valence-electron chi connectivity index (χ0n) is 13.7. The van der Waals surface area contributed by atoms with Gasteiger partial charge in [-0.15, -0.1) is 0 Å². The number of hydrogen-bond donors (Lipinski definition) is 1. The number of alkyl halides is 2. The van der Waals surface area contributed by atoms with Crippen LogP contribution in [-0.2, 0) is 4.79 Å². The number of carboxylic acid groups (broad SMARTS) is 1. The minimum absolute atomic E-state index is 0.155. The van der Waals surface area contributed by atoms with Crippen LogP contribution in [0.1, 0.15) is 33.6 Å². The summed E-state index contributed by atoms with van der Waals surface area (Å²) < 4.78 is 27.2. The van der Waals surface area contributed by atoms with E-state index in [9.17, 15) is 18.7 Å². The first-order chi connectivity index (χ1) is 10.7. The summed E-state index contributed by atoms with van der Waals surface area (Å²) in [7, 11) is 0. The fraction of sp³-hybridized carbons (Fsp3) is 0.750. The molecule has 0 spiro atoms. The maximum atomic E-state index is 13.6. The number of likely N-dealkylation sites (tertiary alicyclic amines) is 1. The Labute approximate surface area is 134 Å². The summed E-state index contributed by atoms with van der Waals surface area (Å²) >= 11 is 0. The fourth-order valence-electron chi connectivity index (χ4n) is 3.98. The fourth-order valence-corrected chi connectivity index (χ4v) is 3.98. The van der Waals surface area contributed by atoms with Crippen molar-refractivity contribution in [2.45, 2.75) is 51.6 Å². The van der Waals surface area contributed by atoms with Gasteiger partial charge in [0.1, 0.15) is 11.9 Å². The van der Waals surface area contributed by atoms with Gasteiger partial charge in [0.25, 0.3) is 5.92 Å². The molecule has 1 N–H and O–H groups in total. The number of fused-ring (bicyclic) bond motifs is 1. The number of nitrogens with zero attached hydrogens (tertiary/aromatic N) is 3. The van der Waals surface area contributed by atoms with Crippen LogP contribution in [0.3, 0.4) is 0 Å². The molecule has 128 valence electrons. The van der Waals surface area contributed by atoms with Crippen LogP contribution in [0.5, 0.6) is 0 Å². The molecule has 3 aliphatic heterocycles. The van der Waals surface area contributed by atoms with Crippen LogP contribution in [0.2, 0.25) is 0 Å². The van der Waals surface area contributed by atoms with Gasteiger partial charge in [-0.3, -0.25) is 14.7 Å². The first kappa shape index (κ1) is 16.4. The molecule has 2 fully saturated rings. The van der Waals surface area contributed by atoms with Crippen LogP contribution in [0.25, 0.3) is 0 Å². The van der Waals surface area contributed by atoms with Crippen LogP contribution in [-0.4, -0.2) is 64.4 Å². The molecule has 3 atom stereocenters. The summed E-state index contributed by atoms with van der Waals surface area (Å²) in [5.41, 5.74) is 2.45. The molecule has 0 amide bonds. The summed E-state index contributed by atoms with van der Waals surface area (Å²) in [4.78, 5) is 19.5. The second-order valence-corrected chi connectivity index (χ2v) is 7.01. The highest BCUT2D eigenvalue weighted by molar-refractivity contribution is 5.83. The molecule has 3 aliphatic rings. The number of allylic oxidation sites excluding steroid dienone is 1. The lowest BCUT2D eigenvalue weighted by Crippen LogP contribution is -2.40. The molecule has 3 heterocycles. The number of aliphatic carboxylic acids is 1. The topological polar surface area (TPSA) is 56.1 Å². The lowest BCUT2D eigenvalue weighted by Gasteiger charge is -2.29. The van der Waals surface area contributed by atoms with E-state index in [2.05, 4.69) is 23.7 Å². The highest BCUT2D eigenvalue weighted by Gasteiger charge is 2.49. The lowest BCUT2D eigenvalue weighted by molar-refractivity contribution is -0.142. The van der Waals surface area contributed by atoms with Gasteiger partial charge in [0, 0.05) is 25.2 Å². The van der Waals surface area contributed by atoms with Crippen molar-refractivity contribution in [3.8, 4) is 0 Å². The molecular formula is C16H23F2N3O2. The number of hydrogen-bond acceptors (Lipinski definition) is 4. The molecule has 3 rings (SSSR count). The van der Waals surface area contributed by atoms with E-state index >= 15 is 0 Å². The average Bonchev–Trinajstić information content (AvgIpc) is 2.98. The molecule has 0 saturated carbocycles. The van der Waals surface area contributed by atoms with Crippen molar-refractivity contribution in [2.75, 3.05) is 19.6 Å². The Kier molecular flexibility index (Phi) is 3.94. The molecule has 0 aliphatic carbocycles. The summed E-state index contributed by atoms with van der Waals surface area (Å²) in [6.45, 7) is 6.75. The molecule has 0 aromatic carbocycles. The van der Waals surface area contributed by atoms with Gasteiger partial charge >= 0.3 is 5.97 Å². The molecule has 3 unspecified atom stereocenters. The lowest BCUT2D eigenvalue weighted by atomic mass is 10.0. The molecule has 5 nitrogen and oxygen atoms in total. The van der Waals surface area contributed by atoms with Crippen molar-refractivity contribution in [2.24, 2.45) is 10.9 Å². The van der Waals surface area contributed by atoms with Gasteiger partial charge in [0.05, 0.1) is 12.6 Å². The van der Waals surface area contributed by atoms with Crippen LogP contribution < -0.4 is 0 Å². The summed E-state index contributed by atoms with van der Waals surface area (Å²) in [5.74, 6) is -2.94. The van der Waals surface area contributed by atoms with Gasteiger partial charge in [0.15, 0.2) is 0 Å². The first-order valence-corrected chi connectivity index (χ1v) is 8.04. The van der Waals surface area contributed by atoms with Crippen LogP contribution >= 0.6 is 0 Å². The molecule has 23 heavy (non-hydrogen) atoms. The van der Waals surface area contributed by atoms with E-state index in [4.69, 9.17) is 0 Å². The van der Waals surface area contributed by atoms with Gasteiger partial charge in [-0.2, -0.15) is 0 Å². The summed E-state index contributed by atoms with van der Waals surface area (Å²) in [6.07, 6.45) is 0.218. The Morgan fingerprint density at radius 2 is 2.13 bits per heavy atom. The number of carbonyl (C=O) groups is 1. The third-order valence-electron chi connectivity index (χ3n) is 5.25. The largest absolute Gasteiger partial charge is 0.480 e. The van der Waals surface area contributed by atoms with E-state index in [1.165, 1.54) is 16.2 Å². The highest BCUT2D eigenvalue weighted by atomic mass is 19.3. The zero-order chi connectivity index (χ0) is 16.9. The van der Waals surface area contributed by atoms with E-state index in [0.29, 0.717) is 6.54 Å². The third kappa shape index (κ3) is 2.98. The SMILES string of the molecule is CC1=NC(C)C(C)=C2CC(CN3CC(F)(F)CC3C(=O)O)CN12. The Hall–Kier alpha value is -1.50. The highest BCUT2D eigenvalue weighted by Crippen LogP contribution is 2.37. The van der Waals surface area contributed by atoms with Crippen molar-refractivity contribution in [1.29, 1.82) is 0 Å². The molecule has 0 radical (unpaired) electrons. The smallest absolute Gasteiger partial charge is 0.321 e. The second-order valence-electron chi connectivity index (χ2n) is 7.01. The van der Waals surface area contributed by atoms with E-state index in [1.807, 2.05) is 6.92 Å². The predicted molar refractivity (Wildman–Crippen MR) is 82.6 cm³/mol. The van der Waals surface area contributed by atoms with Crippen molar-refractivity contribution >= 4 is 11.8 Å². The predicted octanol–water partition coefficient (Wildman–Crippen LogP) is 2.20. The second kappa shape index (κ2) is 5.54. The van der Waals surface area contributed by atoms with Gasteiger partial charge in [0.2, 0.25) is 0 Å². The number of aliphatic imine (C=N–C) groups is 1. The first-order valence-electron chi connectivity index (χ1n) is 8.04. The Morgan fingerprint density at radius 3 is 2.78 bits per heavy atom. The van der Waals surface area contributed by atoms with E-state index in [0.717, 1.165) is 18.8 Å². The number of halogens is 2. The van der Waals surface area contributed by atoms with Gasteiger partial charge < -0.3 is 10.0 Å². The maximum Gasteiger partial charge on any atom is 0.321 e. The Balaban J connectivity index is 1.73. The van der Waals surface area contributed by atoms with Gasteiger partial charge in [-0.25, -0.2) is 8.78 Å². The van der Waals surface area contributed by atoms with Gasteiger partial charge in [-0.1, -0.05) is 0 Å². The number of carboxylic acids is 1. The van der Waals surface area contributed by atoms with Crippen molar-refractivity contribution in [1.82, 2.24) is 9.80 Å². The maximum absolute atomic E-state index is 13.6.